The van der Waals surface area contributed by atoms with Crippen molar-refractivity contribution in [1.29, 1.82) is 0 Å². The fraction of sp³-hybridized carbons (Fsp3) is 0.800. The Morgan fingerprint density at radius 1 is 1.08 bits per heavy atom. The molecule has 0 aliphatic carbocycles. The van der Waals surface area contributed by atoms with E-state index in [0.29, 0.717) is 31.7 Å². The van der Waals surface area contributed by atoms with Crippen LogP contribution in [0.4, 0.5) is 0 Å². The van der Waals surface area contributed by atoms with Crippen LogP contribution in [0.15, 0.2) is 12.2 Å². The molecule has 1 rings (SSSR count). The van der Waals surface area contributed by atoms with Gasteiger partial charge in [-0.1, -0.05) is 40.5 Å². The first-order valence-electron chi connectivity index (χ1n) is 9.74. The summed E-state index contributed by atoms with van der Waals surface area (Å²) in [5, 5.41) is 0. The molecule has 0 spiro atoms. The Morgan fingerprint density at radius 3 is 2.31 bits per heavy atom. The topological polar surface area (TPSA) is 71.1 Å². The van der Waals surface area contributed by atoms with Crippen molar-refractivity contribution in [1.82, 2.24) is 0 Å². The number of carbonyl (C=O) groups is 2. The molecule has 150 valence electrons. The molecule has 0 saturated carbocycles. The highest BCUT2D eigenvalue weighted by Gasteiger charge is 2.29. The molecule has 1 aliphatic heterocycles. The van der Waals surface area contributed by atoms with Crippen LogP contribution in [0.25, 0.3) is 0 Å². The number of hydrogen-bond donors (Lipinski definition) is 0. The lowest BCUT2D eigenvalue weighted by Crippen LogP contribution is -2.41. The van der Waals surface area contributed by atoms with Crippen molar-refractivity contribution in [2.45, 2.75) is 72.2 Å². The minimum atomic E-state index is -0.598. The molecule has 1 unspecified atom stereocenters. The van der Waals surface area contributed by atoms with E-state index >= 15 is 0 Å². The minimum Gasteiger partial charge on any atom is -0.463 e. The molecule has 6 heteroatoms. The summed E-state index contributed by atoms with van der Waals surface area (Å²) in [5.41, 5.74) is 0. The van der Waals surface area contributed by atoms with Gasteiger partial charge in [-0.25, -0.2) is 9.59 Å². The highest BCUT2D eigenvalue weighted by molar-refractivity contribution is 5.91. The third kappa shape index (κ3) is 9.34. The summed E-state index contributed by atoms with van der Waals surface area (Å²) < 4.78 is 21.7. The highest BCUT2D eigenvalue weighted by Crippen LogP contribution is 2.23. The number of rotatable bonds is 11. The standard InChI is InChI=1S/C20H34O6/c1-5-7-8-16(6-2)20-24-13-17(14-25-20)26-19(22)10-9-18(21)23-12-11-15(3)4/h9-10,15-17,20H,5-8,11-14H2,1-4H3/b10-9-. The van der Waals surface area contributed by atoms with Crippen LogP contribution in [0, 0.1) is 11.8 Å². The predicted molar refractivity (Wildman–Crippen MR) is 98.4 cm³/mol. The van der Waals surface area contributed by atoms with E-state index in [2.05, 4.69) is 13.8 Å². The van der Waals surface area contributed by atoms with Crippen LogP contribution in [-0.4, -0.2) is 44.2 Å². The zero-order valence-electron chi connectivity index (χ0n) is 16.6. The molecule has 1 atom stereocenters. The second kappa shape index (κ2) is 12.9. The number of esters is 2. The van der Waals surface area contributed by atoms with Gasteiger partial charge in [0.1, 0.15) is 6.10 Å². The minimum absolute atomic E-state index is 0.229. The van der Waals surface area contributed by atoms with Gasteiger partial charge in [0.05, 0.1) is 19.8 Å². The van der Waals surface area contributed by atoms with Crippen LogP contribution in [0.1, 0.15) is 59.8 Å². The lowest BCUT2D eigenvalue weighted by molar-refractivity contribution is -0.243. The summed E-state index contributed by atoms with van der Waals surface area (Å²) in [7, 11) is 0. The van der Waals surface area contributed by atoms with E-state index in [-0.39, 0.29) is 6.29 Å². The molecule has 0 radical (unpaired) electrons. The first-order valence-corrected chi connectivity index (χ1v) is 9.74. The Kier molecular flexibility index (Phi) is 11.2. The van der Waals surface area contributed by atoms with Gasteiger partial charge in [0, 0.05) is 18.1 Å². The second-order valence-electron chi connectivity index (χ2n) is 7.09. The van der Waals surface area contributed by atoms with E-state index in [9.17, 15) is 9.59 Å². The monoisotopic (exact) mass is 370 g/mol. The molecule has 0 aromatic carbocycles. The summed E-state index contributed by atoms with van der Waals surface area (Å²) in [6.45, 7) is 9.36. The number of unbranched alkanes of at least 4 members (excludes halogenated alkanes) is 1. The smallest absolute Gasteiger partial charge is 0.331 e. The Morgan fingerprint density at radius 2 is 1.73 bits per heavy atom. The molecule has 26 heavy (non-hydrogen) atoms. The van der Waals surface area contributed by atoms with Crippen molar-refractivity contribution in [3.63, 3.8) is 0 Å². The Bertz CT molecular complexity index is 438. The van der Waals surface area contributed by atoms with E-state index in [1.165, 1.54) is 0 Å². The first kappa shape index (κ1) is 22.6. The van der Waals surface area contributed by atoms with E-state index in [4.69, 9.17) is 18.9 Å². The Hall–Kier alpha value is -1.40. The van der Waals surface area contributed by atoms with Crippen molar-refractivity contribution in [2.75, 3.05) is 19.8 Å². The maximum atomic E-state index is 11.8. The fourth-order valence-corrected chi connectivity index (χ4v) is 2.62. The molecule has 1 heterocycles. The molecule has 0 aromatic heterocycles. The summed E-state index contributed by atoms with van der Waals surface area (Å²) >= 11 is 0. The quantitative estimate of drug-likeness (QED) is 0.408. The lowest BCUT2D eigenvalue weighted by atomic mass is 9.98. The van der Waals surface area contributed by atoms with Crippen molar-refractivity contribution >= 4 is 11.9 Å². The number of ether oxygens (including phenoxy) is 4. The zero-order valence-corrected chi connectivity index (χ0v) is 16.6. The van der Waals surface area contributed by atoms with Crippen molar-refractivity contribution in [3.05, 3.63) is 12.2 Å². The third-order valence-corrected chi connectivity index (χ3v) is 4.31. The van der Waals surface area contributed by atoms with Crippen LogP contribution in [0.5, 0.6) is 0 Å². The molecular weight excluding hydrogens is 336 g/mol. The van der Waals surface area contributed by atoms with E-state index in [1.54, 1.807) is 0 Å². The van der Waals surface area contributed by atoms with Crippen LogP contribution in [-0.2, 0) is 28.5 Å². The van der Waals surface area contributed by atoms with Gasteiger partial charge in [0.25, 0.3) is 0 Å². The van der Waals surface area contributed by atoms with Gasteiger partial charge in [-0.2, -0.15) is 0 Å². The van der Waals surface area contributed by atoms with Gasteiger partial charge in [0.15, 0.2) is 6.29 Å². The molecule has 0 bridgehead atoms. The summed E-state index contributed by atoms with van der Waals surface area (Å²) in [6, 6.07) is 0. The van der Waals surface area contributed by atoms with Crippen LogP contribution < -0.4 is 0 Å². The maximum Gasteiger partial charge on any atom is 0.331 e. The van der Waals surface area contributed by atoms with Gasteiger partial charge < -0.3 is 18.9 Å². The van der Waals surface area contributed by atoms with Gasteiger partial charge >= 0.3 is 11.9 Å². The van der Waals surface area contributed by atoms with Crippen molar-refractivity contribution < 1.29 is 28.5 Å². The van der Waals surface area contributed by atoms with E-state index in [0.717, 1.165) is 44.3 Å². The molecule has 6 nitrogen and oxygen atoms in total. The lowest BCUT2D eigenvalue weighted by Gasteiger charge is -2.33. The highest BCUT2D eigenvalue weighted by atomic mass is 16.7. The SMILES string of the molecule is CCCCC(CC)C1OCC(OC(=O)/C=C\C(=O)OCCC(C)C)CO1. The van der Waals surface area contributed by atoms with Gasteiger partial charge in [-0.15, -0.1) is 0 Å². The average Bonchev–Trinajstić information content (AvgIpc) is 2.61. The fourth-order valence-electron chi connectivity index (χ4n) is 2.62. The first-order chi connectivity index (χ1) is 12.5. The van der Waals surface area contributed by atoms with Crippen LogP contribution in [0.2, 0.25) is 0 Å². The van der Waals surface area contributed by atoms with E-state index in [1.807, 2.05) is 13.8 Å². The average molecular weight is 370 g/mol. The summed E-state index contributed by atoms with van der Waals surface area (Å²) in [6.07, 6.45) is 6.65. The van der Waals surface area contributed by atoms with E-state index < -0.39 is 18.0 Å². The second-order valence-corrected chi connectivity index (χ2v) is 7.09. The zero-order chi connectivity index (χ0) is 19.4. The molecular formula is C20H34O6. The molecule has 1 saturated heterocycles. The van der Waals surface area contributed by atoms with Gasteiger partial charge in [-0.3, -0.25) is 0 Å². The number of hydrogen-bond acceptors (Lipinski definition) is 6. The molecule has 0 aromatic rings. The maximum absolute atomic E-state index is 11.8. The van der Waals surface area contributed by atoms with Gasteiger partial charge in [0.2, 0.25) is 0 Å². The normalized spacial score (nSPS) is 21.7. The summed E-state index contributed by atoms with van der Waals surface area (Å²) in [5.74, 6) is -0.312. The molecule has 0 N–H and O–H groups in total. The molecule has 1 fully saturated rings. The molecule has 1 aliphatic rings. The Balaban J connectivity index is 2.28. The van der Waals surface area contributed by atoms with Gasteiger partial charge in [-0.05, 0) is 25.2 Å². The largest absolute Gasteiger partial charge is 0.463 e. The number of carbonyl (C=O) groups excluding carboxylic acids is 2. The van der Waals surface area contributed by atoms with Crippen molar-refractivity contribution in [3.8, 4) is 0 Å². The third-order valence-electron chi connectivity index (χ3n) is 4.31. The molecule has 0 amide bonds. The van der Waals surface area contributed by atoms with Crippen molar-refractivity contribution in [2.24, 2.45) is 11.8 Å². The predicted octanol–water partition coefficient (Wildman–Crippen LogP) is 3.63. The summed E-state index contributed by atoms with van der Waals surface area (Å²) in [4.78, 5) is 23.3. The van der Waals surface area contributed by atoms with Crippen LogP contribution in [0.3, 0.4) is 0 Å². The Labute approximate surface area is 157 Å². The van der Waals surface area contributed by atoms with Crippen LogP contribution >= 0.6 is 0 Å².